The second-order valence-corrected chi connectivity index (χ2v) is 6.13. The van der Waals surface area contributed by atoms with Crippen molar-refractivity contribution in [2.75, 3.05) is 11.8 Å². The van der Waals surface area contributed by atoms with Crippen molar-refractivity contribution in [1.82, 2.24) is 0 Å². The van der Waals surface area contributed by atoms with Crippen LogP contribution in [-0.4, -0.2) is 12.5 Å². The molecule has 0 unspecified atom stereocenters. The number of hydrogen-bond acceptors (Lipinski definition) is 4. The molecular formula is C22H20N2O2. The average molecular weight is 344 g/mol. The Labute approximate surface area is 153 Å². The van der Waals surface area contributed by atoms with Crippen LogP contribution < -0.4 is 14.5 Å². The Morgan fingerprint density at radius 3 is 2.35 bits per heavy atom. The van der Waals surface area contributed by atoms with E-state index in [4.69, 9.17) is 14.6 Å². The van der Waals surface area contributed by atoms with E-state index in [0.29, 0.717) is 6.54 Å². The second-order valence-electron chi connectivity index (χ2n) is 6.13. The van der Waals surface area contributed by atoms with Gasteiger partial charge in [-0.25, -0.2) is 0 Å². The quantitative estimate of drug-likeness (QED) is 0.490. The number of benzene rings is 3. The number of fused-ring (bicyclic) bond motifs is 1. The number of para-hydroxylation sites is 1. The molecule has 1 heterocycles. The maximum Gasteiger partial charge on any atom is 0.231 e. The summed E-state index contributed by atoms with van der Waals surface area (Å²) in [5.41, 5.74) is 4.20. The highest BCUT2D eigenvalue weighted by molar-refractivity contribution is 5.99. The van der Waals surface area contributed by atoms with Crippen LogP contribution in [0.4, 0.5) is 5.69 Å². The van der Waals surface area contributed by atoms with Crippen molar-refractivity contribution in [2.45, 2.75) is 13.5 Å². The van der Waals surface area contributed by atoms with Crippen molar-refractivity contribution in [3.8, 4) is 11.5 Å². The number of anilines is 1. The predicted octanol–water partition coefficient (Wildman–Crippen LogP) is 4.85. The van der Waals surface area contributed by atoms with E-state index >= 15 is 0 Å². The zero-order valence-electron chi connectivity index (χ0n) is 14.6. The summed E-state index contributed by atoms with van der Waals surface area (Å²) in [7, 11) is 0. The maximum absolute atomic E-state index is 5.48. The molecule has 0 saturated carbocycles. The van der Waals surface area contributed by atoms with Crippen LogP contribution >= 0.6 is 0 Å². The smallest absolute Gasteiger partial charge is 0.231 e. The predicted molar refractivity (Wildman–Crippen MR) is 104 cm³/mol. The maximum atomic E-state index is 5.48. The normalized spacial score (nSPS) is 12.9. The van der Waals surface area contributed by atoms with E-state index in [1.807, 2.05) is 66.5 Å². The average Bonchev–Trinajstić information content (AvgIpc) is 3.17. The Morgan fingerprint density at radius 1 is 0.885 bits per heavy atom. The molecule has 1 aliphatic heterocycles. The summed E-state index contributed by atoms with van der Waals surface area (Å²) in [5, 5.41) is 6.91. The second kappa shape index (κ2) is 7.31. The molecule has 130 valence electrons. The monoisotopic (exact) mass is 344 g/mol. The van der Waals surface area contributed by atoms with Gasteiger partial charge in [-0.2, -0.15) is 5.10 Å². The molecule has 0 aliphatic carbocycles. The highest BCUT2D eigenvalue weighted by Crippen LogP contribution is 2.32. The molecule has 4 rings (SSSR count). The third kappa shape index (κ3) is 3.54. The molecule has 0 N–H and O–H groups in total. The topological polar surface area (TPSA) is 34.1 Å². The van der Waals surface area contributed by atoms with Crippen molar-refractivity contribution in [2.24, 2.45) is 5.10 Å². The molecule has 3 aromatic carbocycles. The van der Waals surface area contributed by atoms with Gasteiger partial charge < -0.3 is 9.47 Å². The van der Waals surface area contributed by atoms with Crippen LogP contribution in [0.5, 0.6) is 11.5 Å². The molecule has 0 amide bonds. The lowest BCUT2D eigenvalue weighted by molar-refractivity contribution is 0.174. The van der Waals surface area contributed by atoms with Crippen LogP contribution in [0.1, 0.15) is 18.1 Å². The minimum atomic E-state index is 0.277. The van der Waals surface area contributed by atoms with Crippen LogP contribution in [0.2, 0.25) is 0 Å². The van der Waals surface area contributed by atoms with Gasteiger partial charge in [-0.3, -0.25) is 5.01 Å². The van der Waals surface area contributed by atoms with E-state index in [0.717, 1.165) is 28.5 Å². The van der Waals surface area contributed by atoms with Gasteiger partial charge in [0.1, 0.15) is 0 Å². The van der Waals surface area contributed by atoms with Gasteiger partial charge >= 0.3 is 0 Å². The first-order valence-electron chi connectivity index (χ1n) is 8.61. The number of rotatable bonds is 5. The van der Waals surface area contributed by atoms with Crippen LogP contribution in [0, 0.1) is 0 Å². The SMILES string of the molecule is CC(=NN(Cc1ccccc1)c1ccccc1)c1ccc2c(c1)OCO2. The molecule has 4 heteroatoms. The Bertz CT molecular complexity index is 908. The highest BCUT2D eigenvalue weighted by atomic mass is 16.7. The van der Waals surface area contributed by atoms with Gasteiger partial charge in [-0.05, 0) is 42.8 Å². The van der Waals surface area contributed by atoms with Gasteiger partial charge in [0.05, 0.1) is 17.9 Å². The van der Waals surface area contributed by atoms with E-state index in [2.05, 4.69) is 24.3 Å². The molecular weight excluding hydrogens is 324 g/mol. The van der Waals surface area contributed by atoms with E-state index < -0.39 is 0 Å². The first-order chi connectivity index (χ1) is 12.8. The molecule has 3 aromatic rings. The molecule has 1 aliphatic rings. The Balaban J connectivity index is 1.66. The summed E-state index contributed by atoms with van der Waals surface area (Å²) in [6, 6.07) is 26.5. The molecule has 0 aromatic heterocycles. The molecule has 0 fully saturated rings. The summed E-state index contributed by atoms with van der Waals surface area (Å²) in [6.45, 7) is 2.99. The third-order valence-electron chi connectivity index (χ3n) is 4.29. The molecule has 0 spiro atoms. The molecule has 0 atom stereocenters. The lowest BCUT2D eigenvalue weighted by atomic mass is 10.1. The van der Waals surface area contributed by atoms with E-state index in [1.54, 1.807) is 0 Å². The number of nitrogens with zero attached hydrogens (tertiary/aromatic N) is 2. The number of ether oxygens (including phenoxy) is 2. The molecule has 26 heavy (non-hydrogen) atoms. The number of hydrazone groups is 1. The van der Waals surface area contributed by atoms with Crippen LogP contribution in [-0.2, 0) is 6.54 Å². The Hall–Kier alpha value is -3.27. The summed E-state index contributed by atoms with van der Waals surface area (Å²) < 4.78 is 10.9. The summed E-state index contributed by atoms with van der Waals surface area (Å²) in [4.78, 5) is 0. The van der Waals surface area contributed by atoms with Gasteiger partial charge in [0.2, 0.25) is 6.79 Å². The van der Waals surface area contributed by atoms with E-state index in [1.165, 1.54) is 5.56 Å². The summed E-state index contributed by atoms with van der Waals surface area (Å²) >= 11 is 0. The van der Waals surface area contributed by atoms with Crippen LogP contribution in [0.3, 0.4) is 0 Å². The zero-order valence-corrected chi connectivity index (χ0v) is 14.6. The molecule has 0 saturated heterocycles. The fourth-order valence-electron chi connectivity index (χ4n) is 2.90. The zero-order chi connectivity index (χ0) is 17.8. The fraction of sp³-hybridized carbons (Fsp3) is 0.136. The van der Waals surface area contributed by atoms with Crippen molar-refractivity contribution in [3.05, 3.63) is 90.0 Å². The fourth-order valence-corrected chi connectivity index (χ4v) is 2.90. The Kier molecular flexibility index (Phi) is 4.56. The van der Waals surface area contributed by atoms with Gasteiger partial charge in [0.25, 0.3) is 0 Å². The van der Waals surface area contributed by atoms with Crippen LogP contribution in [0.15, 0.2) is 84.0 Å². The van der Waals surface area contributed by atoms with Gasteiger partial charge in [0.15, 0.2) is 11.5 Å². The van der Waals surface area contributed by atoms with Crippen molar-refractivity contribution in [1.29, 1.82) is 0 Å². The van der Waals surface area contributed by atoms with Gasteiger partial charge in [-0.1, -0.05) is 48.5 Å². The lowest BCUT2D eigenvalue weighted by Crippen LogP contribution is -2.18. The summed E-state index contributed by atoms with van der Waals surface area (Å²) in [5.74, 6) is 1.55. The minimum absolute atomic E-state index is 0.277. The van der Waals surface area contributed by atoms with E-state index in [9.17, 15) is 0 Å². The first-order valence-corrected chi connectivity index (χ1v) is 8.61. The van der Waals surface area contributed by atoms with Crippen LogP contribution in [0.25, 0.3) is 0 Å². The minimum Gasteiger partial charge on any atom is -0.454 e. The Morgan fingerprint density at radius 2 is 1.58 bits per heavy atom. The number of hydrogen-bond donors (Lipinski definition) is 0. The van der Waals surface area contributed by atoms with Crippen molar-refractivity contribution in [3.63, 3.8) is 0 Å². The first kappa shape index (κ1) is 16.2. The molecule has 0 radical (unpaired) electrons. The molecule has 4 nitrogen and oxygen atoms in total. The van der Waals surface area contributed by atoms with Crippen molar-refractivity contribution >= 4 is 11.4 Å². The largest absolute Gasteiger partial charge is 0.454 e. The highest BCUT2D eigenvalue weighted by Gasteiger charge is 2.15. The summed E-state index contributed by atoms with van der Waals surface area (Å²) in [6.07, 6.45) is 0. The van der Waals surface area contributed by atoms with Crippen molar-refractivity contribution < 1.29 is 9.47 Å². The van der Waals surface area contributed by atoms with E-state index in [-0.39, 0.29) is 6.79 Å². The van der Waals surface area contributed by atoms with Gasteiger partial charge in [0, 0.05) is 5.56 Å². The third-order valence-corrected chi connectivity index (χ3v) is 4.29. The standard InChI is InChI=1S/C22H20N2O2/c1-17(19-12-13-21-22(14-19)26-16-25-21)23-24(20-10-6-3-7-11-20)15-18-8-4-2-5-9-18/h2-14H,15-16H2,1H3. The lowest BCUT2D eigenvalue weighted by Gasteiger charge is -2.20. The molecule has 0 bridgehead atoms. The van der Waals surface area contributed by atoms with Gasteiger partial charge in [-0.15, -0.1) is 0 Å².